The Kier molecular flexibility index (Phi) is 4.46. The van der Waals surface area contributed by atoms with Gasteiger partial charge in [0.2, 0.25) is 5.91 Å². The van der Waals surface area contributed by atoms with Gasteiger partial charge >= 0.3 is 0 Å². The van der Waals surface area contributed by atoms with E-state index in [1.807, 2.05) is 28.5 Å². The molecule has 0 bridgehead atoms. The first-order valence-corrected chi connectivity index (χ1v) is 8.68. The number of nitrogens with zero attached hydrogens (tertiary/aromatic N) is 4. The molecule has 1 aliphatic heterocycles. The van der Waals surface area contributed by atoms with Crippen molar-refractivity contribution >= 4 is 17.2 Å². The highest BCUT2D eigenvalue weighted by Crippen LogP contribution is 2.23. The van der Waals surface area contributed by atoms with Gasteiger partial charge in [-0.2, -0.15) is 0 Å². The third kappa shape index (κ3) is 3.59. The van der Waals surface area contributed by atoms with Crippen LogP contribution < -0.4 is 0 Å². The van der Waals surface area contributed by atoms with E-state index in [1.54, 1.807) is 6.20 Å². The molecule has 1 amide bonds. The maximum Gasteiger partial charge on any atom is 0.228 e. The van der Waals surface area contributed by atoms with Crippen LogP contribution in [-0.4, -0.2) is 57.9 Å². The number of pyridine rings is 1. The Hall–Kier alpha value is -1.79. The summed E-state index contributed by atoms with van der Waals surface area (Å²) in [5.41, 5.74) is 1.71. The Morgan fingerprint density at radius 1 is 1.35 bits per heavy atom. The standard InChI is InChI=1S/C17H22N4OS/c1-17(2)12-21(9-8-20(17)3)15(22)10-13-11-23-16(19-13)14-6-4-5-7-18-14/h4-7,11H,8-10,12H2,1-3H3. The maximum atomic E-state index is 12.6. The molecule has 2 aromatic rings. The number of carbonyl (C=O) groups excluding carboxylic acids is 1. The molecule has 1 fully saturated rings. The molecule has 2 aromatic heterocycles. The van der Waals surface area contributed by atoms with Gasteiger partial charge in [-0.05, 0) is 33.0 Å². The van der Waals surface area contributed by atoms with Crippen LogP contribution in [0.5, 0.6) is 0 Å². The van der Waals surface area contributed by atoms with Gasteiger partial charge in [-0.25, -0.2) is 4.98 Å². The van der Waals surface area contributed by atoms with Crippen molar-refractivity contribution in [2.45, 2.75) is 25.8 Å². The highest BCUT2D eigenvalue weighted by molar-refractivity contribution is 7.13. The van der Waals surface area contributed by atoms with Gasteiger partial charge in [-0.3, -0.25) is 14.7 Å². The molecule has 0 aliphatic carbocycles. The van der Waals surface area contributed by atoms with E-state index in [0.29, 0.717) is 6.42 Å². The first-order valence-electron chi connectivity index (χ1n) is 7.80. The van der Waals surface area contributed by atoms with Gasteiger partial charge in [0.1, 0.15) is 5.01 Å². The molecule has 0 spiro atoms. The van der Waals surface area contributed by atoms with Crippen LogP contribution in [0.25, 0.3) is 10.7 Å². The molecule has 1 saturated heterocycles. The van der Waals surface area contributed by atoms with Crippen LogP contribution in [0.1, 0.15) is 19.5 Å². The molecule has 5 nitrogen and oxygen atoms in total. The highest BCUT2D eigenvalue weighted by atomic mass is 32.1. The van der Waals surface area contributed by atoms with Crippen LogP contribution in [0.3, 0.4) is 0 Å². The van der Waals surface area contributed by atoms with E-state index < -0.39 is 0 Å². The average Bonchev–Trinajstić information content (AvgIpc) is 2.99. The molecular formula is C17H22N4OS. The second-order valence-corrected chi connectivity index (χ2v) is 7.44. The average molecular weight is 330 g/mol. The minimum atomic E-state index is 0.0229. The lowest BCUT2D eigenvalue weighted by atomic mass is 9.99. The highest BCUT2D eigenvalue weighted by Gasteiger charge is 2.33. The van der Waals surface area contributed by atoms with E-state index in [1.165, 1.54) is 11.3 Å². The summed E-state index contributed by atoms with van der Waals surface area (Å²) in [4.78, 5) is 25.7. The molecule has 122 valence electrons. The number of amides is 1. The molecule has 0 unspecified atom stereocenters. The van der Waals surface area contributed by atoms with E-state index in [0.717, 1.165) is 36.0 Å². The fourth-order valence-corrected chi connectivity index (χ4v) is 3.51. The SMILES string of the molecule is CN1CCN(C(=O)Cc2csc(-c3ccccn3)n2)CC1(C)C. The summed E-state index contributed by atoms with van der Waals surface area (Å²) in [6.45, 7) is 6.81. The summed E-state index contributed by atoms with van der Waals surface area (Å²) in [6.07, 6.45) is 2.12. The predicted molar refractivity (Wildman–Crippen MR) is 92.3 cm³/mol. The summed E-state index contributed by atoms with van der Waals surface area (Å²) in [5.74, 6) is 0.157. The smallest absolute Gasteiger partial charge is 0.228 e. The molecular weight excluding hydrogens is 308 g/mol. The Labute approximate surface area is 141 Å². The van der Waals surface area contributed by atoms with Crippen molar-refractivity contribution in [1.82, 2.24) is 19.8 Å². The quantitative estimate of drug-likeness (QED) is 0.866. The topological polar surface area (TPSA) is 49.3 Å². The monoisotopic (exact) mass is 330 g/mol. The Balaban J connectivity index is 1.66. The molecule has 6 heteroatoms. The van der Waals surface area contributed by atoms with E-state index >= 15 is 0 Å². The third-order valence-corrected chi connectivity index (χ3v) is 5.35. The van der Waals surface area contributed by atoms with Crippen molar-refractivity contribution in [1.29, 1.82) is 0 Å². The number of hydrogen-bond acceptors (Lipinski definition) is 5. The van der Waals surface area contributed by atoms with E-state index in [4.69, 9.17) is 0 Å². The minimum absolute atomic E-state index is 0.0229. The van der Waals surface area contributed by atoms with Crippen molar-refractivity contribution < 1.29 is 4.79 Å². The summed E-state index contributed by atoms with van der Waals surface area (Å²) >= 11 is 1.54. The number of aromatic nitrogens is 2. The van der Waals surface area contributed by atoms with Crippen molar-refractivity contribution in [2.24, 2.45) is 0 Å². The molecule has 0 radical (unpaired) electrons. The molecule has 3 heterocycles. The Morgan fingerprint density at radius 3 is 2.87 bits per heavy atom. The van der Waals surface area contributed by atoms with Crippen LogP contribution >= 0.6 is 11.3 Å². The molecule has 3 rings (SSSR count). The van der Waals surface area contributed by atoms with E-state index in [9.17, 15) is 4.79 Å². The first-order chi connectivity index (χ1) is 11.0. The fraction of sp³-hybridized carbons (Fsp3) is 0.471. The fourth-order valence-electron chi connectivity index (χ4n) is 2.71. The van der Waals surface area contributed by atoms with Crippen LogP contribution in [0.15, 0.2) is 29.8 Å². The largest absolute Gasteiger partial charge is 0.339 e. The molecule has 0 aromatic carbocycles. The van der Waals surface area contributed by atoms with Crippen molar-refractivity contribution in [3.8, 4) is 10.7 Å². The predicted octanol–water partition coefficient (Wildman–Crippen LogP) is 2.30. The van der Waals surface area contributed by atoms with Gasteiger partial charge in [0.15, 0.2) is 0 Å². The van der Waals surface area contributed by atoms with Gasteiger partial charge < -0.3 is 4.90 Å². The third-order valence-electron chi connectivity index (χ3n) is 4.44. The van der Waals surface area contributed by atoms with Gasteiger partial charge in [-0.1, -0.05) is 6.07 Å². The number of thiazole rings is 1. The lowest BCUT2D eigenvalue weighted by Gasteiger charge is -2.45. The summed E-state index contributed by atoms with van der Waals surface area (Å²) in [5, 5.41) is 2.83. The van der Waals surface area contributed by atoms with Crippen LogP contribution in [-0.2, 0) is 11.2 Å². The Bertz CT molecular complexity index is 683. The Morgan fingerprint density at radius 2 is 2.17 bits per heavy atom. The van der Waals surface area contributed by atoms with Gasteiger partial charge in [0.05, 0.1) is 17.8 Å². The zero-order valence-electron chi connectivity index (χ0n) is 13.8. The van der Waals surface area contributed by atoms with Crippen molar-refractivity contribution in [2.75, 3.05) is 26.7 Å². The lowest BCUT2D eigenvalue weighted by Crippen LogP contribution is -2.59. The van der Waals surface area contributed by atoms with Crippen LogP contribution in [0.4, 0.5) is 0 Å². The molecule has 1 aliphatic rings. The summed E-state index contributed by atoms with van der Waals surface area (Å²) in [7, 11) is 2.11. The second kappa shape index (κ2) is 6.37. The molecule has 0 N–H and O–H groups in total. The zero-order chi connectivity index (χ0) is 16.4. The normalized spacial score (nSPS) is 18.1. The van der Waals surface area contributed by atoms with Crippen molar-refractivity contribution in [3.05, 3.63) is 35.5 Å². The minimum Gasteiger partial charge on any atom is -0.339 e. The lowest BCUT2D eigenvalue weighted by molar-refractivity contribution is -0.135. The van der Waals surface area contributed by atoms with E-state index in [2.05, 4.69) is 35.8 Å². The van der Waals surface area contributed by atoms with Gasteiger partial charge in [0, 0.05) is 36.8 Å². The van der Waals surface area contributed by atoms with Gasteiger partial charge in [0.25, 0.3) is 0 Å². The second-order valence-electron chi connectivity index (χ2n) is 6.59. The number of carbonyl (C=O) groups is 1. The molecule has 0 saturated carbocycles. The zero-order valence-corrected chi connectivity index (χ0v) is 14.6. The number of likely N-dealkylation sites (N-methyl/N-ethyl adjacent to an activating group) is 1. The number of hydrogen-bond donors (Lipinski definition) is 0. The van der Waals surface area contributed by atoms with E-state index in [-0.39, 0.29) is 11.4 Å². The number of piperazine rings is 1. The van der Waals surface area contributed by atoms with Gasteiger partial charge in [-0.15, -0.1) is 11.3 Å². The number of rotatable bonds is 3. The summed E-state index contributed by atoms with van der Waals surface area (Å²) < 4.78 is 0. The molecule has 23 heavy (non-hydrogen) atoms. The van der Waals surface area contributed by atoms with Crippen molar-refractivity contribution in [3.63, 3.8) is 0 Å². The first kappa shape index (κ1) is 16.1. The summed E-state index contributed by atoms with van der Waals surface area (Å²) in [6, 6.07) is 5.77. The van der Waals surface area contributed by atoms with Crippen LogP contribution in [0.2, 0.25) is 0 Å². The van der Waals surface area contributed by atoms with Crippen LogP contribution in [0, 0.1) is 0 Å². The maximum absolute atomic E-state index is 12.6. The molecule has 0 atom stereocenters.